The van der Waals surface area contributed by atoms with E-state index in [2.05, 4.69) is 25.9 Å². The normalized spacial score (nSPS) is 19.3. The Morgan fingerprint density at radius 1 is 0.963 bits per heavy atom. The standard InChI is InChI=1S/C21H17BrN4O/c1-26-19(27)21(25-20(26)23,16-7-3-2-4-8-16)17-9-5-6-14(10-17)15-11-18(22)13-24-12-15/h2-13H,1H3,(H2,23,25). The van der Waals surface area contributed by atoms with Crippen LogP contribution in [0.5, 0.6) is 0 Å². The molecule has 27 heavy (non-hydrogen) atoms. The predicted octanol–water partition coefficient (Wildman–Crippen LogP) is 3.54. The van der Waals surface area contributed by atoms with Crippen molar-refractivity contribution in [3.05, 3.63) is 88.7 Å². The first-order chi connectivity index (χ1) is 13.0. The van der Waals surface area contributed by atoms with Crippen molar-refractivity contribution in [1.82, 2.24) is 9.88 Å². The van der Waals surface area contributed by atoms with E-state index in [1.807, 2.05) is 60.7 Å². The van der Waals surface area contributed by atoms with E-state index in [1.165, 1.54) is 4.90 Å². The molecule has 0 aliphatic carbocycles. The average molecular weight is 421 g/mol. The second-order valence-corrected chi connectivity index (χ2v) is 7.30. The number of nitrogens with zero attached hydrogens (tertiary/aromatic N) is 3. The Morgan fingerprint density at radius 2 is 1.70 bits per heavy atom. The van der Waals surface area contributed by atoms with E-state index in [4.69, 9.17) is 5.73 Å². The van der Waals surface area contributed by atoms with Crippen LogP contribution in [0.3, 0.4) is 0 Å². The van der Waals surface area contributed by atoms with Gasteiger partial charge in [-0.3, -0.25) is 14.7 Å². The third kappa shape index (κ3) is 2.82. The van der Waals surface area contributed by atoms with E-state index < -0.39 is 5.54 Å². The molecule has 1 amide bonds. The molecule has 0 saturated carbocycles. The average Bonchev–Trinajstić information content (AvgIpc) is 2.94. The molecule has 6 heteroatoms. The van der Waals surface area contributed by atoms with Crippen LogP contribution in [0, 0.1) is 0 Å². The fourth-order valence-electron chi connectivity index (χ4n) is 3.36. The van der Waals surface area contributed by atoms with Crippen LogP contribution >= 0.6 is 15.9 Å². The van der Waals surface area contributed by atoms with Crippen molar-refractivity contribution in [1.29, 1.82) is 0 Å². The van der Waals surface area contributed by atoms with Crippen LogP contribution in [0.25, 0.3) is 11.1 Å². The number of amides is 1. The highest BCUT2D eigenvalue weighted by Gasteiger charge is 2.49. The van der Waals surface area contributed by atoms with Crippen LogP contribution < -0.4 is 5.73 Å². The number of halogens is 1. The van der Waals surface area contributed by atoms with Gasteiger partial charge in [-0.05, 0) is 44.8 Å². The molecule has 0 bridgehead atoms. The molecule has 0 radical (unpaired) electrons. The van der Waals surface area contributed by atoms with Crippen molar-refractivity contribution in [3.63, 3.8) is 0 Å². The third-order valence-corrected chi connectivity index (χ3v) is 5.18. The summed E-state index contributed by atoms with van der Waals surface area (Å²) in [5, 5.41) is 0. The first-order valence-corrected chi connectivity index (χ1v) is 9.22. The molecule has 1 aromatic heterocycles. The zero-order valence-corrected chi connectivity index (χ0v) is 16.2. The van der Waals surface area contributed by atoms with E-state index in [0.29, 0.717) is 0 Å². The second kappa shape index (κ2) is 6.63. The smallest absolute Gasteiger partial charge is 0.266 e. The number of aromatic nitrogens is 1. The van der Waals surface area contributed by atoms with Gasteiger partial charge >= 0.3 is 0 Å². The van der Waals surface area contributed by atoms with Gasteiger partial charge in [0.1, 0.15) is 0 Å². The number of rotatable bonds is 3. The number of nitrogens with two attached hydrogens (primary N) is 1. The number of carbonyl (C=O) groups is 1. The summed E-state index contributed by atoms with van der Waals surface area (Å²) in [6.45, 7) is 0. The second-order valence-electron chi connectivity index (χ2n) is 6.38. The third-order valence-electron chi connectivity index (χ3n) is 4.75. The molecule has 134 valence electrons. The SMILES string of the molecule is CN1C(=O)C(c2ccccc2)(c2cccc(-c3cncc(Br)c3)c2)N=C1N. The molecule has 0 saturated heterocycles. The summed E-state index contributed by atoms with van der Waals surface area (Å²) >= 11 is 3.46. The van der Waals surface area contributed by atoms with Gasteiger partial charge < -0.3 is 5.73 Å². The number of likely N-dealkylation sites (N-methyl/N-ethyl adjacent to an activating group) is 1. The van der Waals surface area contributed by atoms with Gasteiger partial charge in [-0.1, -0.05) is 48.5 Å². The molecule has 1 unspecified atom stereocenters. The molecule has 2 heterocycles. The lowest BCUT2D eigenvalue weighted by Gasteiger charge is -2.26. The van der Waals surface area contributed by atoms with Crippen molar-refractivity contribution in [2.45, 2.75) is 5.54 Å². The number of carbonyl (C=O) groups excluding carboxylic acids is 1. The van der Waals surface area contributed by atoms with Crippen molar-refractivity contribution in [2.75, 3.05) is 7.05 Å². The molecular weight excluding hydrogens is 404 g/mol. The lowest BCUT2D eigenvalue weighted by molar-refractivity contribution is -0.129. The van der Waals surface area contributed by atoms with Gasteiger partial charge in [-0.2, -0.15) is 0 Å². The first-order valence-electron chi connectivity index (χ1n) is 8.43. The Kier molecular flexibility index (Phi) is 4.28. The molecule has 0 spiro atoms. The van der Waals surface area contributed by atoms with Gasteiger partial charge in [0.15, 0.2) is 11.5 Å². The fourth-order valence-corrected chi connectivity index (χ4v) is 3.72. The van der Waals surface area contributed by atoms with Crippen molar-refractivity contribution in [3.8, 4) is 11.1 Å². The number of pyridine rings is 1. The highest BCUT2D eigenvalue weighted by Crippen LogP contribution is 2.40. The van der Waals surface area contributed by atoms with Gasteiger partial charge in [0.05, 0.1) is 0 Å². The van der Waals surface area contributed by atoms with Gasteiger partial charge in [0, 0.05) is 29.5 Å². The Hall–Kier alpha value is -2.99. The Morgan fingerprint density at radius 3 is 2.37 bits per heavy atom. The first kappa shape index (κ1) is 17.4. The van der Waals surface area contributed by atoms with Crippen LogP contribution in [-0.2, 0) is 10.3 Å². The number of benzene rings is 2. The zero-order valence-electron chi connectivity index (χ0n) is 14.6. The molecule has 0 fully saturated rings. The number of hydrogen-bond donors (Lipinski definition) is 1. The Bertz CT molecular complexity index is 1050. The maximum absolute atomic E-state index is 13.3. The lowest BCUT2D eigenvalue weighted by atomic mass is 9.82. The number of aliphatic imine (C=N–C) groups is 1. The molecular formula is C21H17BrN4O. The minimum absolute atomic E-state index is 0.171. The largest absolute Gasteiger partial charge is 0.369 e. The van der Waals surface area contributed by atoms with E-state index >= 15 is 0 Å². The molecule has 2 aromatic carbocycles. The van der Waals surface area contributed by atoms with Crippen LogP contribution in [0.4, 0.5) is 0 Å². The minimum atomic E-state index is -1.18. The Labute approximate surface area is 165 Å². The van der Waals surface area contributed by atoms with Crippen LogP contribution in [0.1, 0.15) is 11.1 Å². The van der Waals surface area contributed by atoms with Crippen molar-refractivity contribution >= 4 is 27.8 Å². The monoisotopic (exact) mass is 420 g/mol. The van der Waals surface area contributed by atoms with E-state index in [0.717, 1.165) is 26.7 Å². The Balaban J connectivity index is 1.93. The molecule has 1 aliphatic heterocycles. The van der Waals surface area contributed by atoms with Gasteiger partial charge in [0.25, 0.3) is 5.91 Å². The lowest BCUT2D eigenvalue weighted by Crippen LogP contribution is -2.41. The molecule has 3 aromatic rings. The molecule has 2 N–H and O–H groups in total. The van der Waals surface area contributed by atoms with Gasteiger partial charge in [-0.25, -0.2) is 4.99 Å². The maximum Gasteiger partial charge on any atom is 0.266 e. The molecule has 5 nitrogen and oxygen atoms in total. The van der Waals surface area contributed by atoms with Crippen LogP contribution in [-0.4, -0.2) is 28.8 Å². The van der Waals surface area contributed by atoms with Crippen molar-refractivity contribution < 1.29 is 4.79 Å². The summed E-state index contributed by atoms with van der Waals surface area (Å²) in [5.41, 5.74) is 8.29. The minimum Gasteiger partial charge on any atom is -0.369 e. The van der Waals surface area contributed by atoms with Gasteiger partial charge in [0.2, 0.25) is 0 Å². The summed E-state index contributed by atoms with van der Waals surface area (Å²) in [7, 11) is 1.65. The summed E-state index contributed by atoms with van der Waals surface area (Å²) < 4.78 is 0.891. The van der Waals surface area contributed by atoms with Crippen molar-refractivity contribution in [2.24, 2.45) is 10.7 Å². The predicted molar refractivity (Wildman–Crippen MR) is 109 cm³/mol. The van der Waals surface area contributed by atoms with Crippen LogP contribution in [0.2, 0.25) is 0 Å². The number of guanidine groups is 1. The summed E-state index contributed by atoms with van der Waals surface area (Å²) in [4.78, 5) is 23.5. The highest BCUT2D eigenvalue weighted by molar-refractivity contribution is 9.10. The van der Waals surface area contributed by atoms with E-state index in [-0.39, 0.29) is 11.9 Å². The summed E-state index contributed by atoms with van der Waals surface area (Å²) in [6, 6.07) is 19.3. The quantitative estimate of drug-likeness (QED) is 0.703. The van der Waals surface area contributed by atoms with Crippen LogP contribution in [0.15, 0.2) is 82.5 Å². The maximum atomic E-state index is 13.3. The topological polar surface area (TPSA) is 71.6 Å². The summed E-state index contributed by atoms with van der Waals surface area (Å²) in [5.74, 6) is 0.0362. The van der Waals surface area contributed by atoms with Gasteiger partial charge in [-0.15, -0.1) is 0 Å². The fraction of sp³-hybridized carbons (Fsp3) is 0.0952. The molecule has 1 atom stereocenters. The number of hydrogen-bond acceptors (Lipinski definition) is 4. The molecule has 4 rings (SSSR count). The van der Waals surface area contributed by atoms with E-state index in [1.54, 1.807) is 19.4 Å². The summed E-state index contributed by atoms with van der Waals surface area (Å²) in [6.07, 6.45) is 3.53. The highest BCUT2D eigenvalue weighted by atomic mass is 79.9. The van der Waals surface area contributed by atoms with E-state index in [9.17, 15) is 4.79 Å². The molecule has 1 aliphatic rings. The zero-order chi connectivity index (χ0) is 19.0.